The molecule has 5 nitrogen and oxygen atoms in total. The Morgan fingerprint density at radius 1 is 1.33 bits per heavy atom. The van der Waals surface area contributed by atoms with Gasteiger partial charge < -0.3 is 20.5 Å². The van der Waals surface area contributed by atoms with Gasteiger partial charge in [-0.15, -0.1) is 0 Å². The molecule has 0 aliphatic carbocycles. The van der Waals surface area contributed by atoms with E-state index in [1.807, 2.05) is 6.92 Å². The Bertz CT molecular complexity index is 477. The molecule has 2 aromatic rings. The van der Waals surface area contributed by atoms with E-state index in [2.05, 4.69) is 15.3 Å². The number of hydrogen-bond acceptors (Lipinski definition) is 4. The second-order valence-electron chi connectivity index (χ2n) is 4.21. The van der Waals surface area contributed by atoms with Gasteiger partial charge in [0, 0.05) is 30.9 Å². The van der Waals surface area contributed by atoms with Gasteiger partial charge in [-0.05, 0) is 19.1 Å². The number of rotatable bonds is 5. The van der Waals surface area contributed by atoms with Crippen LogP contribution in [0.1, 0.15) is 24.2 Å². The summed E-state index contributed by atoms with van der Waals surface area (Å²) in [5.74, 6) is 0.216. The standard InChI is InChI=1S/C13H17N3O2/c1-9(13-11(17)3-2-4-12(13)18)15-6-5-10-7-14-8-16-10/h2-4,7-9,15,17-18H,5-6H2,1H3,(H,14,16). The van der Waals surface area contributed by atoms with Gasteiger partial charge in [-0.1, -0.05) is 6.07 Å². The SMILES string of the molecule is CC(NCCc1cnc[nH]1)c1c(O)cccc1O. The van der Waals surface area contributed by atoms with Crippen LogP contribution >= 0.6 is 0 Å². The third-order valence-electron chi connectivity index (χ3n) is 2.89. The number of phenols is 2. The van der Waals surface area contributed by atoms with Crippen LogP contribution < -0.4 is 5.32 Å². The fourth-order valence-corrected chi connectivity index (χ4v) is 1.93. The Labute approximate surface area is 106 Å². The molecule has 0 aliphatic rings. The third kappa shape index (κ3) is 2.81. The number of H-pyrrole nitrogens is 1. The first-order valence-corrected chi connectivity index (χ1v) is 5.90. The molecule has 0 bridgehead atoms. The smallest absolute Gasteiger partial charge is 0.124 e. The average molecular weight is 247 g/mol. The highest BCUT2D eigenvalue weighted by Crippen LogP contribution is 2.31. The van der Waals surface area contributed by atoms with Gasteiger partial charge in [-0.25, -0.2) is 4.98 Å². The number of aromatic amines is 1. The molecule has 1 heterocycles. The maximum Gasteiger partial charge on any atom is 0.124 e. The molecule has 1 atom stereocenters. The van der Waals surface area contributed by atoms with Crippen LogP contribution in [0.3, 0.4) is 0 Å². The minimum Gasteiger partial charge on any atom is -0.507 e. The summed E-state index contributed by atoms with van der Waals surface area (Å²) in [6.07, 6.45) is 4.25. The lowest BCUT2D eigenvalue weighted by Crippen LogP contribution is -2.21. The van der Waals surface area contributed by atoms with Crippen LogP contribution in [-0.2, 0) is 6.42 Å². The van der Waals surface area contributed by atoms with E-state index in [9.17, 15) is 10.2 Å². The van der Waals surface area contributed by atoms with Crippen LogP contribution in [0, 0.1) is 0 Å². The fraction of sp³-hybridized carbons (Fsp3) is 0.308. The number of benzene rings is 1. The Kier molecular flexibility index (Phi) is 3.84. The molecule has 0 amide bonds. The molecule has 0 saturated heterocycles. The van der Waals surface area contributed by atoms with E-state index < -0.39 is 0 Å². The molecule has 4 N–H and O–H groups in total. The van der Waals surface area contributed by atoms with Gasteiger partial charge in [0.05, 0.1) is 11.9 Å². The topological polar surface area (TPSA) is 81.2 Å². The maximum absolute atomic E-state index is 9.73. The average Bonchev–Trinajstić information content (AvgIpc) is 2.82. The van der Waals surface area contributed by atoms with E-state index in [-0.39, 0.29) is 17.5 Å². The van der Waals surface area contributed by atoms with Gasteiger partial charge in [-0.2, -0.15) is 0 Å². The lowest BCUT2D eigenvalue weighted by Gasteiger charge is -2.16. The molecule has 0 aliphatic heterocycles. The predicted molar refractivity (Wildman–Crippen MR) is 68.5 cm³/mol. The van der Waals surface area contributed by atoms with Crippen LogP contribution in [0.5, 0.6) is 11.5 Å². The van der Waals surface area contributed by atoms with Gasteiger partial charge in [0.15, 0.2) is 0 Å². The molecule has 18 heavy (non-hydrogen) atoms. The molecular weight excluding hydrogens is 230 g/mol. The summed E-state index contributed by atoms with van der Waals surface area (Å²) in [4.78, 5) is 6.97. The molecule has 1 aromatic heterocycles. The van der Waals surface area contributed by atoms with Crippen molar-refractivity contribution in [1.82, 2.24) is 15.3 Å². The number of nitrogens with one attached hydrogen (secondary N) is 2. The molecule has 2 rings (SSSR count). The van der Waals surface area contributed by atoms with Crippen molar-refractivity contribution in [2.75, 3.05) is 6.54 Å². The summed E-state index contributed by atoms with van der Waals surface area (Å²) in [5, 5.41) is 22.7. The molecule has 0 radical (unpaired) electrons. The van der Waals surface area contributed by atoms with Crippen molar-refractivity contribution in [3.8, 4) is 11.5 Å². The summed E-state index contributed by atoms with van der Waals surface area (Å²) in [6, 6.07) is 4.64. The summed E-state index contributed by atoms with van der Waals surface area (Å²) in [6.45, 7) is 2.64. The second kappa shape index (κ2) is 5.55. The lowest BCUT2D eigenvalue weighted by molar-refractivity contribution is 0.419. The van der Waals surface area contributed by atoms with Gasteiger partial charge in [0.1, 0.15) is 11.5 Å². The van der Waals surface area contributed by atoms with E-state index in [0.29, 0.717) is 5.56 Å². The highest BCUT2D eigenvalue weighted by molar-refractivity contribution is 5.44. The zero-order valence-electron chi connectivity index (χ0n) is 10.2. The summed E-state index contributed by atoms with van der Waals surface area (Å²) in [5.41, 5.74) is 1.58. The summed E-state index contributed by atoms with van der Waals surface area (Å²) in [7, 11) is 0. The monoisotopic (exact) mass is 247 g/mol. The Morgan fingerprint density at radius 3 is 2.67 bits per heavy atom. The zero-order valence-corrected chi connectivity index (χ0v) is 10.2. The number of imidazole rings is 1. The van der Waals surface area contributed by atoms with Crippen molar-refractivity contribution >= 4 is 0 Å². The molecular formula is C13H17N3O2. The van der Waals surface area contributed by atoms with Crippen LogP contribution in [0.4, 0.5) is 0 Å². The van der Waals surface area contributed by atoms with Gasteiger partial charge in [0.2, 0.25) is 0 Å². The number of aromatic nitrogens is 2. The minimum absolute atomic E-state index is 0.108. The van der Waals surface area contributed by atoms with Crippen molar-refractivity contribution in [2.45, 2.75) is 19.4 Å². The highest BCUT2D eigenvalue weighted by Gasteiger charge is 2.14. The van der Waals surface area contributed by atoms with Crippen molar-refractivity contribution < 1.29 is 10.2 Å². The molecule has 0 spiro atoms. The molecule has 1 unspecified atom stereocenters. The quantitative estimate of drug-likeness (QED) is 0.648. The van der Waals surface area contributed by atoms with Crippen LogP contribution in [0.25, 0.3) is 0 Å². The van der Waals surface area contributed by atoms with Crippen molar-refractivity contribution in [1.29, 1.82) is 0 Å². The number of nitrogens with zero attached hydrogens (tertiary/aromatic N) is 1. The maximum atomic E-state index is 9.73. The summed E-state index contributed by atoms with van der Waals surface area (Å²) < 4.78 is 0. The first kappa shape index (κ1) is 12.4. The van der Waals surface area contributed by atoms with Gasteiger partial charge >= 0.3 is 0 Å². The normalized spacial score (nSPS) is 12.5. The Morgan fingerprint density at radius 2 is 2.06 bits per heavy atom. The van der Waals surface area contributed by atoms with Gasteiger partial charge in [0.25, 0.3) is 0 Å². The fourth-order valence-electron chi connectivity index (χ4n) is 1.93. The first-order valence-electron chi connectivity index (χ1n) is 5.90. The molecule has 5 heteroatoms. The first-order chi connectivity index (χ1) is 8.68. The van der Waals surface area contributed by atoms with E-state index >= 15 is 0 Å². The van der Waals surface area contributed by atoms with Crippen LogP contribution in [0.15, 0.2) is 30.7 Å². The third-order valence-corrected chi connectivity index (χ3v) is 2.89. The lowest BCUT2D eigenvalue weighted by atomic mass is 10.1. The number of phenolic OH excluding ortho intramolecular Hbond substituents is 2. The minimum atomic E-state index is -0.117. The molecule has 1 aromatic carbocycles. The Hall–Kier alpha value is -2.01. The number of hydrogen-bond donors (Lipinski definition) is 4. The van der Waals surface area contributed by atoms with Gasteiger partial charge in [-0.3, -0.25) is 0 Å². The number of aromatic hydroxyl groups is 2. The second-order valence-corrected chi connectivity index (χ2v) is 4.21. The van der Waals surface area contributed by atoms with Crippen LogP contribution in [-0.4, -0.2) is 26.7 Å². The van der Waals surface area contributed by atoms with Crippen molar-refractivity contribution in [3.63, 3.8) is 0 Å². The summed E-state index contributed by atoms with van der Waals surface area (Å²) >= 11 is 0. The Balaban J connectivity index is 1.93. The predicted octanol–water partition coefficient (Wildman–Crippen LogP) is 1.71. The van der Waals surface area contributed by atoms with E-state index in [1.165, 1.54) is 0 Å². The highest BCUT2D eigenvalue weighted by atomic mass is 16.3. The van der Waals surface area contributed by atoms with Crippen molar-refractivity contribution in [2.24, 2.45) is 0 Å². The molecule has 0 saturated carbocycles. The molecule has 96 valence electrons. The van der Waals surface area contributed by atoms with E-state index in [4.69, 9.17) is 0 Å². The largest absolute Gasteiger partial charge is 0.507 e. The van der Waals surface area contributed by atoms with Crippen LogP contribution in [0.2, 0.25) is 0 Å². The molecule has 0 fully saturated rings. The zero-order chi connectivity index (χ0) is 13.0. The van der Waals surface area contributed by atoms with Crippen molar-refractivity contribution in [3.05, 3.63) is 42.0 Å². The van der Waals surface area contributed by atoms with E-state index in [0.717, 1.165) is 18.7 Å². The van der Waals surface area contributed by atoms with E-state index in [1.54, 1.807) is 30.7 Å².